The Kier molecular flexibility index (Phi) is 3.47. The zero-order valence-corrected chi connectivity index (χ0v) is 9.98. The van der Waals surface area contributed by atoms with Crippen LogP contribution in [0, 0.1) is 0 Å². The Morgan fingerprint density at radius 1 is 1.44 bits per heavy atom. The topological polar surface area (TPSA) is 102 Å². The lowest BCUT2D eigenvalue weighted by Gasteiger charge is -2.08. The Hall–Kier alpha value is -2.08. The van der Waals surface area contributed by atoms with Crippen molar-refractivity contribution >= 4 is 17.5 Å². The Morgan fingerprint density at radius 2 is 2.11 bits per heavy atom. The number of nitrogens with one attached hydrogen (secondary N) is 1. The minimum atomic E-state index is -0.787. The molecule has 2 aromatic rings. The third-order valence-corrected chi connectivity index (χ3v) is 2.70. The Labute approximate surface area is 107 Å². The summed E-state index contributed by atoms with van der Waals surface area (Å²) >= 11 is 5.76. The van der Waals surface area contributed by atoms with Crippen LogP contribution in [-0.4, -0.2) is 16.1 Å². The van der Waals surface area contributed by atoms with Gasteiger partial charge in [0.1, 0.15) is 5.92 Å². The SMILES string of the molecule is NC(=O)C(Cc1ccc(Cl)cc1)c1n[nH]c(=O)o1. The molecule has 0 fully saturated rings. The van der Waals surface area contributed by atoms with Crippen molar-refractivity contribution in [3.05, 3.63) is 51.3 Å². The van der Waals surface area contributed by atoms with Gasteiger partial charge in [-0.3, -0.25) is 4.79 Å². The maximum atomic E-state index is 11.4. The number of carbonyl (C=O) groups is 1. The van der Waals surface area contributed by atoms with Crippen molar-refractivity contribution < 1.29 is 9.21 Å². The van der Waals surface area contributed by atoms with Crippen LogP contribution in [0.3, 0.4) is 0 Å². The van der Waals surface area contributed by atoms with Crippen molar-refractivity contribution in [3.63, 3.8) is 0 Å². The monoisotopic (exact) mass is 267 g/mol. The number of amides is 1. The largest absolute Gasteiger partial charge is 0.434 e. The first kappa shape index (κ1) is 12.4. The highest BCUT2D eigenvalue weighted by Gasteiger charge is 2.24. The summed E-state index contributed by atoms with van der Waals surface area (Å²) in [5.74, 6) is -2.12. The molecule has 0 aliphatic carbocycles. The second-order valence-corrected chi connectivity index (χ2v) is 4.17. The van der Waals surface area contributed by atoms with Crippen LogP contribution in [0.1, 0.15) is 17.4 Å². The van der Waals surface area contributed by atoms with Crippen molar-refractivity contribution in [1.29, 1.82) is 0 Å². The van der Waals surface area contributed by atoms with Gasteiger partial charge in [-0.15, -0.1) is 5.10 Å². The predicted octanol–water partition coefficient (Wildman–Crippen LogP) is 0.828. The number of carbonyl (C=O) groups excluding carboxylic acids is 1. The molecule has 0 aliphatic heterocycles. The molecule has 1 atom stereocenters. The summed E-state index contributed by atoms with van der Waals surface area (Å²) in [4.78, 5) is 22.2. The van der Waals surface area contributed by atoms with Gasteiger partial charge in [-0.2, -0.15) is 0 Å². The van der Waals surface area contributed by atoms with Crippen molar-refractivity contribution in [2.45, 2.75) is 12.3 Å². The molecular weight excluding hydrogens is 258 g/mol. The average Bonchev–Trinajstić information content (AvgIpc) is 2.74. The quantitative estimate of drug-likeness (QED) is 0.856. The number of hydrogen-bond donors (Lipinski definition) is 2. The van der Waals surface area contributed by atoms with Gasteiger partial charge in [-0.25, -0.2) is 9.89 Å². The summed E-state index contributed by atoms with van der Waals surface area (Å²) in [6.07, 6.45) is 0.292. The average molecular weight is 268 g/mol. The first-order valence-electron chi connectivity index (χ1n) is 5.15. The van der Waals surface area contributed by atoms with Crippen molar-refractivity contribution in [2.75, 3.05) is 0 Å². The van der Waals surface area contributed by atoms with Crippen molar-refractivity contribution in [2.24, 2.45) is 5.73 Å². The fraction of sp³-hybridized carbons (Fsp3) is 0.182. The fourth-order valence-electron chi connectivity index (χ4n) is 1.56. The Balaban J connectivity index is 2.24. The molecule has 7 heteroatoms. The van der Waals surface area contributed by atoms with E-state index in [0.717, 1.165) is 5.56 Å². The number of aromatic nitrogens is 2. The van der Waals surface area contributed by atoms with Gasteiger partial charge in [0, 0.05) is 5.02 Å². The normalized spacial score (nSPS) is 12.3. The van der Waals surface area contributed by atoms with Crippen LogP contribution in [0.15, 0.2) is 33.5 Å². The predicted molar refractivity (Wildman–Crippen MR) is 64.2 cm³/mol. The van der Waals surface area contributed by atoms with Crippen LogP contribution in [-0.2, 0) is 11.2 Å². The molecule has 6 nitrogen and oxygen atoms in total. The third-order valence-electron chi connectivity index (χ3n) is 2.45. The molecule has 1 aromatic heterocycles. The van der Waals surface area contributed by atoms with E-state index in [1.165, 1.54) is 0 Å². The third kappa shape index (κ3) is 2.78. The molecule has 94 valence electrons. The lowest BCUT2D eigenvalue weighted by molar-refractivity contribution is -0.119. The van der Waals surface area contributed by atoms with E-state index in [1.807, 2.05) is 0 Å². The number of nitrogens with two attached hydrogens (primary N) is 1. The molecule has 0 aliphatic rings. The second-order valence-electron chi connectivity index (χ2n) is 3.74. The van der Waals surface area contributed by atoms with Gasteiger partial charge in [0.25, 0.3) is 0 Å². The van der Waals surface area contributed by atoms with E-state index in [-0.39, 0.29) is 5.89 Å². The number of aromatic amines is 1. The second kappa shape index (κ2) is 5.05. The molecular formula is C11H10ClN3O3. The van der Waals surface area contributed by atoms with Crippen LogP contribution in [0.5, 0.6) is 0 Å². The maximum absolute atomic E-state index is 11.4. The molecule has 1 amide bonds. The van der Waals surface area contributed by atoms with Gasteiger partial charge in [0.05, 0.1) is 0 Å². The van der Waals surface area contributed by atoms with Crippen LogP contribution in [0.2, 0.25) is 5.02 Å². The number of primary amides is 1. The lowest BCUT2D eigenvalue weighted by Crippen LogP contribution is -2.23. The Bertz CT molecular complexity index is 602. The zero-order chi connectivity index (χ0) is 13.1. The number of rotatable bonds is 4. The highest BCUT2D eigenvalue weighted by atomic mass is 35.5. The van der Waals surface area contributed by atoms with Crippen LogP contribution in [0.25, 0.3) is 0 Å². The molecule has 1 heterocycles. The van der Waals surface area contributed by atoms with E-state index in [2.05, 4.69) is 10.2 Å². The number of H-pyrrole nitrogens is 1. The maximum Gasteiger partial charge on any atom is 0.434 e. The molecule has 1 unspecified atom stereocenters. The van der Waals surface area contributed by atoms with Gasteiger partial charge >= 0.3 is 5.76 Å². The first-order chi connectivity index (χ1) is 8.56. The van der Waals surface area contributed by atoms with E-state index in [0.29, 0.717) is 11.4 Å². The van der Waals surface area contributed by atoms with E-state index in [9.17, 15) is 9.59 Å². The molecule has 18 heavy (non-hydrogen) atoms. The summed E-state index contributed by atoms with van der Waals surface area (Å²) in [6, 6.07) is 6.94. The van der Waals surface area contributed by atoms with Crippen molar-refractivity contribution in [3.8, 4) is 0 Å². The highest BCUT2D eigenvalue weighted by Crippen LogP contribution is 2.19. The molecule has 1 aromatic carbocycles. The van der Waals surface area contributed by atoms with Crippen molar-refractivity contribution in [1.82, 2.24) is 10.2 Å². The van der Waals surface area contributed by atoms with Crippen LogP contribution < -0.4 is 11.5 Å². The van der Waals surface area contributed by atoms with Gasteiger partial charge in [0.15, 0.2) is 0 Å². The van der Waals surface area contributed by atoms with E-state index in [4.69, 9.17) is 21.8 Å². The standard InChI is InChI=1S/C11H10ClN3O3/c12-7-3-1-6(2-4-7)5-8(9(13)16)10-14-15-11(17)18-10/h1-4,8H,5H2,(H2,13,16)(H,15,17). The van der Waals surface area contributed by atoms with Gasteiger partial charge in [0.2, 0.25) is 11.8 Å². The van der Waals surface area contributed by atoms with Crippen LogP contribution in [0.4, 0.5) is 0 Å². The number of halogens is 1. The highest BCUT2D eigenvalue weighted by molar-refractivity contribution is 6.30. The smallest absolute Gasteiger partial charge is 0.392 e. The Morgan fingerprint density at radius 3 is 2.61 bits per heavy atom. The first-order valence-corrected chi connectivity index (χ1v) is 5.53. The fourth-order valence-corrected chi connectivity index (χ4v) is 1.68. The summed E-state index contributed by atoms with van der Waals surface area (Å²) < 4.78 is 4.75. The molecule has 0 radical (unpaired) electrons. The molecule has 0 saturated carbocycles. The van der Waals surface area contributed by atoms with E-state index < -0.39 is 17.6 Å². The number of hydrogen-bond acceptors (Lipinski definition) is 4. The molecule has 3 N–H and O–H groups in total. The number of benzene rings is 1. The van der Waals surface area contributed by atoms with Gasteiger partial charge in [-0.05, 0) is 24.1 Å². The van der Waals surface area contributed by atoms with E-state index >= 15 is 0 Å². The molecule has 0 bridgehead atoms. The lowest BCUT2D eigenvalue weighted by atomic mass is 9.99. The summed E-state index contributed by atoms with van der Waals surface area (Å²) in [7, 11) is 0. The molecule has 2 rings (SSSR count). The number of nitrogens with zero attached hydrogens (tertiary/aromatic N) is 1. The summed E-state index contributed by atoms with van der Waals surface area (Å²) in [5.41, 5.74) is 6.12. The van der Waals surface area contributed by atoms with Gasteiger partial charge in [-0.1, -0.05) is 23.7 Å². The van der Waals surface area contributed by atoms with Gasteiger partial charge < -0.3 is 10.2 Å². The molecule has 0 spiro atoms. The molecule has 0 saturated heterocycles. The summed E-state index contributed by atoms with van der Waals surface area (Å²) in [6.45, 7) is 0. The zero-order valence-electron chi connectivity index (χ0n) is 9.22. The minimum absolute atomic E-state index is 0.0116. The summed E-state index contributed by atoms with van der Waals surface area (Å²) in [5, 5.41) is 6.32. The van der Waals surface area contributed by atoms with Crippen LogP contribution >= 0.6 is 11.6 Å². The minimum Gasteiger partial charge on any atom is -0.392 e. The van der Waals surface area contributed by atoms with E-state index in [1.54, 1.807) is 24.3 Å².